The van der Waals surface area contributed by atoms with E-state index < -0.39 is 17.8 Å². The number of carbonyl (C=O) groups is 2. The zero-order chi connectivity index (χ0) is 22.3. The van der Waals surface area contributed by atoms with Gasteiger partial charge in [-0.1, -0.05) is 18.2 Å². The predicted octanol–water partition coefficient (Wildman–Crippen LogP) is 3.08. The van der Waals surface area contributed by atoms with Crippen LogP contribution < -0.4 is 10.2 Å². The topological polar surface area (TPSA) is 104 Å². The van der Waals surface area contributed by atoms with Gasteiger partial charge in [0.15, 0.2) is 5.89 Å². The number of hydroxylamine groups is 1. The first kappa shape index (κ1) is 21.9. The first-order chi connectivity index (χ1) is 15.6. The summed E-state index contributed by atoms with van der Waals surface area (Å²) in [6, 6.07) is 13.2. The molecule has 1 aliphatic heterocycles. The van der Waals surface area contributed by atoms with Gasteiger partial charge in [-0.15, -0.1) is 11.8 Å². The summed E-state index contributed by atoms with van der Waals surface area (Å²) in [6.07, 6.45) is 3.45. The summed E-state index contributed by atoms with van der Waals surface area (Å²) >= 11 is 1.67. The molecule has 166 valence electrons. The Labute approximate surface area is 189 Å². The molecule has 1 N–H and O–H groups in total. The predicted molar refractivity (Wildman–Crippen MR) is 117 cm³/mol. The maximum atomic E-state index is 11.6. The van der Waals surface area contributed by atoms with Crippen LogP contribution in [-0.4, -0.2) is 34.2 Å². The lowest BCUT2D eigenvalue weighted by molar-refractivity contribution is -0.146. The third kappa shape index (κ3) is 5.67. The summed E-state index contributed by atoms with van der Waals surface area (Å²) in [5.74, 6) is 1.33. The van der Waals surface area contributed by atoms with Crippen molar-refractivity contribution in [1.82, 2.24) is 15.4 Å². The van der Waals surface area contributed by atoms with Gasteiger partial charge in [-0.25, -0.2) is 14.8 Å². The third-order valence-corrected chi connectivity index (χ3v) is 5.91. The maximum absolute atomic E-state index is 11.6. The van der Waals surface area contributed by atoms with Crippen molar-refractivity contribution in [3.63, 3.8) is 0 Å². The van der Waals surface area contributed by atoms with E-state index in [2.05, 4.69) is 20.3 Å². The molecular weight excluding hydrogens is 430 g/mol. The second-order valence-corrected chi connectivity index (χ2v) is 8.38. The summed E-state index contributed by atoms with van der Waals surface area (Å²) in [5.41, 5.74) is 3.84. The van der Waals surface area contributed by atoms with Crippen LogP contribution in [0.2, 0.25) is 0 Å². The van der Waals surface area contributed by atoms with Gasteiger partial charge in [-0.3, -0.25) is 4.79 Å². The molecule has 1 atom stereocenters. The Balaban J connectivity index is 1.22. The molecule has 3 aromatic rings. The fraction of sp³-hybridized carbons (Fsp3) is 0.304. The number of oxazole rings is 1. The highest BCUT2D eigenvalue weighted by atomic mass is 32.2. The third-order valence-electron chi connectivity index (χ3n) is 4.96. The summed E-state index contributed by atoms with van der Waals surface area (Å²) < 4.78 is 11.6. The van der Waals surface area contributed by atoms with Gasteiger partial charge >= 0.3 is 5.97 Å². The number of benzene rings is 1. The quantitative estimate of drug-likeness (QED) is 0.369. The van der Waals surface area contributed by atoms with Crippen molar-refractivity contribution in [3.8, 4) is 5.75 Å². The zero-order valence-corrected chi connectivity index (χ0v) is 18.4. The molecule has 32 heavy (non-hydrogen) atoms. The van der Waals surface area contributed by atoms with Gasteiger partial charge in [0.05, 0.1) is 17.3 Å². The smallest absolute Gasteiger partial charge is 0.345 e. The number of hydrogen-bond acceptors (Lipinski definition) is 8. The van der Waals surface area contributed by atoms with Crippen LogP contribution in [0.5, 0.6) is 5.75 Å². The number of amides is 1. The molecule has 1 amide bonds. The van der Waals surface area contributed by atoms with Crippen LogP contribution in [0.4, 0.5) is 0 Å². The highest BCUT2D eigenvalue weighted by Crippen LogP contribution is 2.20. The molecule has 0 radical (unpaired) electrons. The van der Waals surface area contributed by atoms with Gasteiger partial charge in [-0.2, -0.15) is 5.48 Å². The van der Waals surface area contributed by atoms with E-state index >= 15 is 0 Å². The molecule has 8 nitrogen and oxygen atoms in total. The fourth-order valence-corrected chi connectivity index (χ4v) is 4.05. The molecule has 1 unspecified atom stereocenters. The Morgan fingerprint density at radius 2 is 1.97 bits per heavy atom. The van der Waals surface area contributed by atoms with Crippen molar-refractivity contribution >= 4 is 23.6 Å². The molecule has 0 aliphatic carbocycles. The Morgan fingerprint density at radius 3 is 2.69 bits per heavy atom. The highest BCUT2D eigenvalue weighted by Gasteiger charge is 2.35. The van der Waals surface area contributed by atoms with Crippen LogP contribution >= 0.6 is 11.8 Å². The number of pyridine rings is 1. The number of carbonyl (C=O) groups excluding carboxylic acids is 2. The van der Waals surface area contributed by atoms with E-state index in [0.717, 1.165) is 40.1 Å². The Hall–Kier alpha value is -3.33. The highest BCUT2D eigenvalue weighted by molar-refractivity contribution is 7.99. The van der Waals surface area contributed by atoms with Crippen LogP contribution in [0.15, 0.2) is 58.1 Å². The molecule has 1 aliphatic rings. The second-order valence-electron chi connectivity index (χ2n) is 7.26. The van der Waals surface area contributed by atoms with Crippen molar-refractivity contribution in [1.29, 1.82) is 0 Å². The molecule has 0 saturated carbocycles. The Morgan fingerprint density at radius 1 is 1.12 bits per heavy atom. The van der Waals surface area contributed by atoms with Crippen LogP contribution in [0.1, 0.15) is 22.9 Å². The van der Waals surface area contributed by atoms with Crippen molar-refractivity contribution in [2.75, 3.05) is 12.4 Å². The van der Waals surface area contributed by atoms with Gasteiger partial charge in [-0.05, 0) is 43.2 Å². The molecule has 0 bridgehead atoms. The standard InChI is InChI=1S/C23H23N3O5S/c1-15-19(25-20(30-15)10-13-32-21-4-2-3-11-24-21)9-12-29-17-7-5-16(6-8-17)14-18-22(27)26-31-23(18)28/h2-8,11,18H,9-10,12-14H2,1H3,(H,26,27). The van der Waals surface area contributed by atoms with Crippen molar-refractivity contribution < 1.29 is 23.6 Å². The SMILES string of the molecule is Cc1oc(CCSc2ccccn2)nc1CCOc1ccc(CC2C(=O)NOC2=O)cc1. The van der Waals surface area contributed by atoms with Gasteiger partial charge in [0.1, 0.15) is 17.4 Å². The summed E-state index contributed by atoms with van der Waals surface area (Å²) in [5, 5.41) is 0.988. The number of nitrogens with zero attached hydrogens (tertiary/aromatic N) is 2. The van der Waals surface area contributed by atoms with Crippen LogP contribution in [0, 0.1) is 12.8 Å². The zero-order valence-electron chi connectivity index (χ0n) is 17.6. The Bertz CT molecular complexity index is 1050. The lowest BCUT2D eigenvalue weighted by Crippen LogP contribution is -2.21. The molecule has 1 aromatic carbocycles. The summed E-state index contributed by atoms with van der Waals surface area (Å²) in [7, 11) is 0. The summed E-state index contributed by atoms with van der Waals surface area (Å²) in [6.45, 7) is 2.38. The van der Waals surface area contributed by atoms with Gasteiger partial charge in [0.2, 0.25) is 0 Å². The normalized spacial score (nSPS) is 15.5. The van der Waals surface area contributed by atoms with Crippen molar-refractivity contribution in [2.24, 2.45) is 5.92 Å². The average Bonchev–Trinajstić information content (AvgIpc) is 3.31. The Kier molecular flexibility index (Phi) is 7.06. The van der Waals surface area contributed by atoms with Gasteiger partial charge in [0, 0.05) is 24.8 Å². The average molecular weight is 454 g/mol. The maximum Gasteiger partial charge on any atom is 0.345 e. The monoisotopic (exact) mass is 453 g/mol. The van der Waals surface area contributed by atoms with E-state index in [1.165, 1.54) is 0 Å². The number of thioether (sulfide) groups is 1. The molecule has 4 rings (SSSR count). The molecule has 2 aromatic heterocycles. The molecular formula is C23H23N3O5S. The van der Waals surface area contributed by atoms with E-state index in [4.69, 9.17) is 9.15 Å². The first-order valence-electron chi connectivity index (χ1n) is 10.3. The van der Waals surface area contributed by atoms with Crippen molar-refractivity contribution in [3.05, 3.63) is 71.6 Å². The number of aromatic nitrogens is 2. The molecule has 0 spiro atoms. The minimum absolute atomic E-state index is 0.296. The summed E-state index contributed by atoms with van der Waals surface area (Å²) in [4.78, 5) is 36.6. The number of nitrogens with one attached hydrogen (secondary N) is 1. The largest absolute Gasteiger partial charge is 0.493 e. The van der Waals surface area contributed by atoms with E-state index in [-0.39, 0.29) is 0 Å². The lowest BCUT2D eigenvalue weighted by Gasteiger charge is -2.07. The minimum atomic E-state index is -0.798. The first-order valence-corrected chi connectivity index (χ1v) is 11.3. The number of aryl methyl sites for hydroxylation is 2. The molecule has 1 fully saturated rings. The number of hydrogen-bond donors (Lipinski definition) is 1. The van der Waals surface area contributed by atoms with Gasteiger partial charge in [0.25, 0.3) is 5.91 Å². The van der Waals surface area contributed by atoms with Crippen LogP contribution in [0.3, 0.4) is 0 Å². The van der Waals surface area contributed by atoms with E-state index in [9.17, 15) is 9.59 Å². The second kappa shape index (κ2) is 10.3. The van der Waals surface area contributed by atoms with E-state index in [0.29, 0.717) is 25.2 Å². The van der Waals surface area contributed by atoms with Crippen LogP contribution in [0.25, 0.3) is 0 Å². The minimum Gasteiger partial charge on any atom is -0.493 e. The van der Waals surface area contributed by atoms with Crippen molar-refractivity contribution in [2.45, 2.75) is 31.2 Å². The van der Waals surface area contributed by atoms with E-state index in [1.54, 1.807) is 18.0 Å². The molecule has 3 heterocycles. The molecule has 9 heteroatoms. The molecule has 1 saturated heterocycles. The fourth-order valence-electron chi connectivity index (χ4n) is 3.25. The number of ether oxygens (including phenoxy) is 1. The number of rotatable bonds is 10. The van der Waals surface area contributed by atoms with E-state index in [1.807, 2.05) is 49.4 Å². The van der Waals surface area contributed by atoms with Crippen LogP contribution in [-0.2, 0) is 33.7 Å². The lowest BCUT2D eigenvalue weighted by atomic mass is 9.99. The van der Waals surface area contributed by atoms with Gasteiger partial charge < -0.3 is 14.0 Å².